The number of aryl methyl sites for hydroxylation is 1. The third-order valence-corrected chi connectivity index (χ3v) is 8.20. The van der Waals surface area contributed by atoms with Crippen molar-refractivity contribution in [2.45, 2.75) is 64.8 Å². The maximum Gasteiger partial charge on any atom is 0.243 e. The fraction of sp³-hybridized carbons (Fsp3) is 0.560. The van der Waals surface area contributed by atoms with Crippen molar-refractivity contribution in [1.82, 2.24) is 13.8 Å². The van der Waals surface area contributed by atoms with Gasteiger partial charge in [0.25, 0.3) is 0 Å². The third kappa shape index (κ3) is 5.00. The number of ketones is 1. The smallest absolute Gasteiger partial charge is 0.243 e. The molecule has 6 nitrogen and oxygen atoms in total. The van der Waals surface area contributed by atoms with Crippen LogP contribution < -0.4 is 0 Å². The van der Waals surface area contributed by atoms with E-state index in [2.05, 4.69) is 44.1 Å². The minimum Gasteiger partial charge on any atom is -0.343 e. The van der Waals surface area contributed by atoms with Crippen molar-refractivity contribution in [1.29, 1.82) is 0 Å². The van der Waals surface area contributed by atoms with Gasteiger partial charge in [-0.25, -0.2) is 8.42 Å². The first-order valence-corrected chi connectivity index (χ1v) is 12.8. The Morgan fingerprint density at radius 2 is 1.56 bits per heavy atom. The van der Waals surface area contributed by atoms with Crippen LogP contribution >= 0.6 is 0 Å². The molecule has 0 amide bonds. The number of hydrogen-bond acceptors (Lipinski definition) is 4. The van der Waals surface area contributed by atoms with Crippen molar-refractivity contribution in [3.05, 3.63) is 52.8 Å². The number of sulfonamides is 1. The Balaban J connectivity index is 1.64. The number of Topliss-reactive ketones (excluding diaryl/α,β-unsaturated/α-hetero) is 1. The van der Waals surface area contributed by atoms with Gasteiger partial charge in [-0.2, -0.15) is 4.31 Å². The van der Waals surface area contributed by atoms with Crippen molar-refractivity contribution in [3.8, 4) is 0 Å². The van der Waals surface area contributed by atoms with E-state index >= 15 is 0 Å². The first-order chi connectivity index (χ1) is 14.8. The number of carbonyl (C=O) groups is 1. The highest BCUT2D eigenvalue weighted by Gasteiger charge is 2.30. The van der Waals surface area contributed by atoms with Crippen LogP contribution in [0.3, 0.4) is 0 Å². The van der Waals surface area contributed by atoms with E-state index in [9.17, 15) is 13.2 Å². The summed E-state index contributed by atoms with van der Waals surface area (Å²) in [5.41, 5.74) is 3.87. The lowest BCUT2D eigenvalue weighted by atomic mass is 10.0. The number of rotatable bonds is 6. The maximum absolute atomic E-state index is 13.0. The summed E-state index contributed by atoms with van der Waals surface area (Å²) in [6, 6.07) is 9.16. The molecule has 1 aromatic carbocycles. The molecule has 176 valence electrons. The summed E-state index contributed by atoms with van der Waals surface area (Å²) in [5, 5.41) is 0. The van der Waals surface area contributed by atoms with Crippen LogP contribution in [0.2, 0.25) is 0 Å². The highest BCUT2D eigenvalue weighted by Crippen LogP contribution is 2.25. The van der Waals surface area contributed by atoms with Gasteiger partial charge in [0.2, 0.25) is 10.0 Å². The van der Waals surface area contributed by atoms with Crippen LogP contribution in [-0.2, 0) is 15.6 Å². The van der Waals surface area contributed by atoms with E-state index in [1.54, 1.807) is 12.1 Å². The summed E-state index contributed by atoms with van der Waals surface area (Å²) in [7, 11) is -3.52. The minimum atomic E-state index is -3.52. The molecule has 0 unspecified atom stereocenters. The topological polar surface area (TPSA) is 62.6 Å². The predicted molar refractivity (Wildman–Crippen MR) is 129 cm³/mol. The summed E-state index contributed by atoms with van der Waals surface area (Å²) < 4.78 is 29.8. The summed E-state index contributed by atoms with van der Waals surface area (Å²) in [5.74, 6) is 0.453. The normalized spacial score (nSPS) is 16.6. The highest BCUT2D eigenvalue weighted by molar-refractivity contribution is 7.89. The van der Waals surface area contributed by atoms with Gasteiger partial charge in [-0.1, -0.05) is 26.0 Å². The highest BCUT2D eigenvalue weighted by atomic mass is 32.2. The number of hydrogen-bond donors (Lipinski definition) is 0. The van der Waals surface area contributed by atoms with Gasteiger partial charge in [0, 0.05) is 48.7 Å². The quantitative estimate of drug-likeness (QED) is 0.608. The molecule has 1 saturated heterocycles. The van der Waals surface area contributed by atoms with E-state index in [0.717, 1.165) is 22.5 Å². The molecule has 32 heavy (non-hydrogen) atoms. The first-order valence-electron chi connectivity index (χ1n) is 11.4. The molecule has 0 N–H and O–H groups in total. The second kappa shape index (κ2) is 9.12. The molecule has 0 spiro atoms. The van der Waals surface area contributed by atoms with Crippen molar-refractivity contribution in [3.63, 3.8) is 0 Å². The van der Waals surface area contributed by atoms with Crippen LogP contribution in [0.5, 0.6) is 0 Å². The Morgan fingerprint density at radius 1 is 1.00 bits per heavy atom. The fourth-order valence-corrected chi connectivity index (χ4v) is 6.09. The third-order valence-electron chi connectivity index (χ3n) is 6.29. The Morgan fingerprint density at radius 3 is 2.03 bits per heavy atom. The molecule has 2 aromatic rings. The Labute approximate surface area is 193 Å². The number of carbonyl (C=O) groups excluding carboxylic acids is 1. The zero-order valence-corrected chi connectivity index (χ0v) is 21.3. The zero-order valence-electron chi connectivity index (χ0n) is 20.5. The molecule has 0 bridgehead atoms. The van der Waals surface area contributed by atoms with Crippen LogP contribution in [0.15, 0.2) is 35.2 Å². The van der Waals surface area contributed by atoms with Gasteiger partial charge in [-0.15, -0.1) is 0 Å². The van der Waals surface area contributed by atoms with E-state index in [4.69, 9.17) is 0 Å². The Hall–Kier alpha value is -1.96. The predicted octanol–water partition coefficient (Wildman–Crippen LogP) is 4.17. The summed E-state index contributed by atoms with van der Waals surface area (Å²) in [4.78, 5) is 15.4. The molecule has 0 radical (unpaired) electrons. The van der Waals surface area contributed by atoms with Crippen molar-refractivity contribution in [2.24, 2.45) is 0 Å². The van der Waals surface area contributed by atoms with Crippen molar-refractivity contribution >= 4 is 15.8 Å². The average Bonchev–Trinajstić information content (AvgIpc) is 3.02. The van der Waals surface area contributed by atoms with Crippen molar-refractivity contribution in [2.75, 3.05) is 32.7 Å². The number of piperazine rings is 1. The Kier molecular flexibility index (Phi) is 7.03. The van der Waals surface area contributed by atoms with Crippen LogP contribution in [0, 0.1) is 13.8 Å². The molecule has 0 atom stereocenters. The van der Waals surface area contributed by atoms with Crippen LogP contribution in [0.25, 0.3) is 0 Å². The van der Waals surface area contributed by atoms with Gasteiger partial charge < -0.3 is 4.57 Å². The summed E-state index contributed by atoms with van der Waals surface area (Å²) >= 11 is 0. The summed E-state index contributed by atoms with van der Waals surface area (Å²) in [6.07, 6.45) is 0. The number of benzene rings is 1. The minimum absolute atomic E-state index is 0.0833. The molecule has 1 fully saturated rings. The average molecular weight is 460 g/mol. The molecule has 3 rings (SSSR count). The lowest BCUT2D eigenvalue weighted by Gasteiger charge is -2.33. The lowest BCUT2D eigenvalue weighted by molar-refractivity contribution is 0.0901. The molecule has 1 aromatic heterocycles. The van der Waals surface area contributed by atoms with Crippen LogP contribution in [0.1, 0.15) is 67.8 Å². The lowest BCUT2D eigenvalue weighted by Crippen LogP contribution is -2.49. The molecule has 2 heterocycles. The molecule has 1 aliphatic heterocycles. The summed E-state index contributed by atoms with van der Waals surface area (Å²) in [6.45, 7) is 16.8. The number of nitrogens with zero attached hydrogens (tertiary/aromatic N) is 3. The van der Waals surface area contributed by atoms with E-state index in [0.29, 0.717) is 43.5 Å². The van der Waals surface area contributed by atoms with Crippen LogP contribution in [0.4, 0.5) is 0 Å². The molecular weight excluding hydrogens is 422 g/mol. The second-order valence-corrected chi connectivity index (χ2v) is 12.1. The molecule has 0 saturated carbocycles. The first kappa shape index (κ1) is 24.7. The molecule has 0 aliphatic carbocycles. The van der Waals surface area contributed by atoms with Crippen LogP contribution in [-0.4, -0.2) is 60.7 Å². The molecular formula is C25H37N3O3S. The zero-order chi connectivity index (χ0) is 23.8. The van der Waals surface area contributed by atoms with Crippen molar-refractivity contribution < 1.29 is 13.2 Å². The van der Waals surface area contributed by atoms with Gasteiger partial charge in [0.05, 0.1) is 11.4 Å². The van der Waals surface area contributed by atoms with E-state index in [1.165, 1.54) is 4.31 Å². The van der Waals surface area contributed by atoms with Gasteiger partial charge in [0.1, 0.15) is 0 Å². The molecule has 1 aliphatic rings. The SMILES string of the molecule is Cc1cc(C(=O)CN2CCN(S(=O)(=O)c3ccc(C(C)C)cc3)CC2)c(C)n1C(C)(C)C. The van der Waals surface area contributed by atoms with E-state index in [-0.39, 0.29) is 11.3 Å². The Bertz CT molecular complexity index is 1070. The second-order valence-electron chi connectivity index (χ2n) is 10.1. The fourth-order valence-electron chi connectivity index (χ4n) is 4.67. The largest absolute Gasteiger partial charge is 0.343 e. The van der Waals surface area contributed by atoms with Gasteiger partial charge >= 0.3 is 0 Å². The monoisotopic (exact) mass is 459 g/mol. The molecule has 7 heteroatoms. The van der Waals surface area contributed by atoms with Gasteiger partial charge in [0.15, 0.2) is 5.78 Å². The standard InChI is InChI=1S/C25H37N3O3S/c1-18(2)21-8-10-22(11-9-21)32(30,31)27-14-12-26(13-15-27)17-24(29)23-16-19(3)28(20(23)4)25(5,6)7/h8-11,16,18H,12-15,17H2,1-7H3. The maximum atomic E-state index is 13.0. The van der Waals surface area contributed by atoms with Gasteiger partial charge in [-0.05, 0) is 64.3 Å². The van der Waals surface area contributed by atoms with E-state index < -0.39 is 10.0 Å². The van der Waals surface area contributed by atoms with E-state index in [1.807, 2.05) is 32.0 Å². The van der Waals surface area contributed by atoms with Gasteiger partial charge in [-0.3, -0.25) is 9.69 Å². The number of aromatic nitrogens is 1.